The van der Waals surface area contributed by atoms with E-state index in [4.69, 9.17) is 0 Å². The molecule has 0 aliphatic heterocycles. The average molecular weight is 216 g/mol. The maximum absolute atomic E-state index is 12.4. The van der Waals surface area contributed by atoms with E-state index in [9.17, 15) is 13.2 Å². The zero-order chi connectivity index (χ0) is 11.6. The van der Waals surface area contributed by atoms with Crippen molar-refractivity contribution in [1.29, 1.82) is 0 Å². The second kappa shape index (κ2) is 3.92. The van der Waals surface area contributed by atoms with Crippen LogP contribution in [0.5, 0.6) is 0 Å². The molecule has 5 heteroatoms. The summed E-state index contributed by atoms with van der Waals surface area (Å²) in [7, 11) is 1.32. The molecule has 0 radical (unpaired) electrons. The van der Waals surface area contributed by atoms with Crippen molar-refractivity contribution in [1.82, 2.24) is 9.55 Å². The van der Waals surface area contributed by atoms with Crippen LogP contribution < -0.4 is 0 Å². The Balaban J connectivity index is 3.17. The molecule has 82 valence electrons. The minimum atomic E-state index is -4.42. The Labute approximate surface area is 85.7 Å². The first-order valence-electron chi connectivity index (χ1n) is 4.26. The Morgan fingerprint density at radius 3 is 2.53 bits per heavy atom. The number of hydrogen-bond acceptors (Lipinski definition) is 1. The van der Waals surface area contributed by atoms with E-state index >= 15 is 0 Å². The second-order valence-corrected chi connectivity index (χ2v) is 3.14. The molecule has 0 aliphatic rings. The van der Waals surface area contributed by atoms with E-state index in [-0.39, 0.29) is 0 Å². The van der Waals surface area contributed by atoms with Crippen molar-refractivity contribution >= 4 is 5.57 Å². The van der Waals surface area contributed by atoms with Gasteiger partial charge in [-0.25, -0.2) is 4.98 Å². The number of allylic oxidation sites excluding steroid dienone is 3. The Hall–Kier alpha value is -1.52. The highest BCUT2D eigenvalue weighted by atomic mass is 19.4. The van der Waals surface area contributed by atoms with Gasteiger partial charge in [0.2, 0.25) is 5.82 Å². The van der Waals surface area contributed by atoms with Crippen LogP contribution in [0.15, 0.2) is 24.9 Å². The van der Waals surface area contributed by atoms with E-state index in [1.807, 2.05) is 0 Å². The quantitative estimate of drug-likeness (QED) is 0.695. The first kappa shape index (κ1) is 11.6. The molecule has 1 aromatic rings. The van der Waals surface area contributed by atoms with Crippen molar-refractivity contribution in [3.05, 3.63) is 36.4 Å². The molecule has 1 rings (SSSR count). The van der Waals surface area contributed by atoms with Crippen LogP contribution in [0.3, 0.4) is 0 Å². The first-order valence-corrected chi connectivity index (χ1v) is 4.26. The van der Waals surface area contributed by atoms with Gasteiger partial charge in [-0.2, -0.15) is 13.2 Å². The van der Waals surface area contributed by atoms with Gasteiger partial charge >= 0.3 is 6.18 Å². The summed E-state index contributed by atoms with van der Waals surface area (Å²) in [5, 5.41) is 0. The number of nitrogens with zero attached hydrogens (tertiary/aromatic N) is 2. The van der Waals surface area contributed by atoms with Crippen LogP contribution in [0.2, 0.25) is 0 Å². The molecule has 0 aromatic carbocycles. The maximum Gasteiger partial charge on any atom is 0.449 e. The fourth-order valence-electron chi connectivity index (χ4n) is 1.18. The molecule has 15 heavy (non-hydrogen) atoms. The molecule has 0 saturated carbocycles. The fraction of sp³-hybridized carbons (Fsp3) is 0.300. The maximum atomic E-state index is 12.4. The summed E-state index contributed by atoms with van der Waals surface area (Å²) in [6, 6.07) is 0. The van der Waals surface area contributed by atoms with Gasteiger partial charge in [-0.3, -0.25) is 0 Å². The molecule has 0 bridgehead atoms. The summed E-state index contributed by atoms with van der Waals surface area (Å²) in [6.45, 7) is 5.16. The van der Waals surface area contributed by atoms with Gasteiger partial charge in [-0.05, 0) is 12.5 Å². The van der Waals surface area contributed by atoms with Crippen LogP contribution in [0.25, 0.3) is 5.57 Å². The lowest BCUT2D eigenvalue weighted by Crippen LogP contribution is -2.12. The number of aryl methyl sites for hydroxylation is 1. The number of imidazole rings is 1. The van der Waals surface area contributed by atoms with Crippen LogP contribution >= 0.6 is 0 Å². The molecule has 0 spiro atoms. The number of hydrogen-bond donors (Lipinski definition) is 0. The minimum absolute atomic E-state index is 0.310. The summed E-state index contributed by atoms with van der Waals surface area (Å²) >= 11 is 0. The number of aromatic nitrogens is 2. The molecular weight excluding hydrogens is 205 g/mol. The molecule has 0 atom stereocenters. The number of halogens is 3. The molecule has 0 saturated heterocycles. The molecular formula is C10H11F3N2. The van der Waals surface area contributed by atoms with Gasteiger partial charge in [0, 0.05) is 13.2 Å². The van der Waals surface area contributed by atoms with Crippen molar-refractivity contribution in [2.75, 3.05) is 0 Å². The van der Waals surface area contributed by atoms with Crippen LogP contribution in [-0.2, 0) is 13.2 Å². The predicted molar refractivity (Wildman–Crippen MR) is 52.1 cm³/mol. The summed E-state index contributed by atoms with van der Waals surface area (Å²) in [5.74, 6) is -0.894. The largest absolute Gasteiger partial charge is 0.449 e. The van der Waals surface area contributed by atoms with E-state index in [2.05, 4.69) is 11.6 Å². The predicted octanol–water partition coefficient (Wildman–Crippen LogP) is 3.03. The summed E-state index contributed by atoms with van der Waals surface area (Å²) in [5.41, 5.74) is 0.959. The first-order chi connectivity index (χ1) is 6.86. The van der Waals surface area contributed by atoms with E-state index < -0.39 is 12.0 Å². The lowest BCUT2D eigenvalue weighted by molar-refractivity contribution is -0.146. The van der Waals surface area contributed by atoms with Crippen molar-refractivity contribution in [3.63, 3.8) is 0 Å². The van der Waals surface area contributed by atoms with Crippen LogP contribution in [0.4, 0.5) is 13.2 Å². The van der Waals surface area contributed by atoms with Gasteiger partial charge < -0.3 is 4.57 Å². The Bertz CT molecular complexity index is 399. The number of alkyl halides is 3. The van der Waals surface area contributed by atoms with E-state index in [0.29, 0.717) is 11.3 Å². The molecule has 0 aliphatic carbocycles. The van der Waals surface area contributed by atoms with Gasteiger partial charge in [-0.15, -0.1) is 0 Å². The van der Waals surface area contributed by atoms with E-state index in [1.54, 1.807) is 13.0 Å². The van der Waals surface area contributed by atoms with Gasteiger partial charge in [-0.1, -0.05) is 18.7 Å². The molecule has 2 nitrogen and oxygen atoms in total. The third kappa shape index (κ3) is 2.49. The molecule has 0 unspecified atom stereocenters. The van der Waals surface area contributed by atoms with Gasteiger partial charge in [0.1, 0.15) is 0 Å². The van der Waals surface area contributed by atoms with E-state index in [0.717, 1.165) is 4.57 Å². The third-order valence-electron chi connectivity index (χ3n) is 1.90. The van der Waals surface area contributed by atoms with Gasteiger partial charge in [0.15, 0.2) is 0 Å². The molecule has 1 heterocycles. The lowest BCUT2D eigenvalue weighted by atomic mass is 10.2. The van der Waals surface area contributed by atoms with Crippen LogP contribution in [-0.4, -0.2) is 9.55 Å². The zero-order valence-electron chi connectivity index (χ0n) is 8.47. The van der Waals surface area contributed by atoms with Crippen LogP contribution in [0.1, 0.15) is 18.4 Å². The normalized spacial score (nSPS) is 13.0. The molecule has 0 fully saturated rings. The Morgan fingerprint density at radius 2 is 2.13 bits per heavy atom. The highest BCUT2D eigenvalue weighted by Gasteiger charge is 2.36. The fourth-order valence-corrected chi connectivity index (χ4v) is 1.18. The topological polar surface area (TPSA) is 17.8 Å². The SMILES string of the molecule is C=C/C=C(\C)c1cn(C)c(C(F)(F)F)n1. The Morgan fingerprint density at radius 1 is 1.53 bits per heavy atom. The van der Waals surface area contributed by atoms with E-state index in [1.165, 1.54) is 19.3 Å². The number of rotatable bonds is 2. The zero-order valence-corrected chi connectivity index (χ0v) is 8.47. The Kier molecular flexibility index (Phi) is 3.02. The molecule has 1 aromatic heterocycles. The van der Waals surface area contributed by atoms with Crippen molar-refractivity contribution in [3.8, 4) is 0 Å². The third-order valence-corrected chi connectivity index (χ3v) is 1.90. The lowest BCUT2D eigenvalue weighted by Gasteiger charge is -2.04. The highest BCUT2D eigenvalue weighted by Crippen LogP contribution is 2.29. The summed E-state index contributed by atoms with van der Waals surface area (Å²) in [4.78, 5) is 3.52. The summed E-state index contributed by atoms with van der Waals surface area (Å²) in [6.07, 6.45) is 0.0549. The second-order valence-electron chi connectivity index (χ2n) is 3.14. The van der Waals surface area contributed by atoms with Crippen molar-refractivity contribution < 1.29 is 13.2 Å². The monoisotopic (exact) mass is 216 g/mol. The van der Waals surface area contributed by atoms with Crippen molar-refractivity contribution in [2.45, 2.75) is 13.1 Å². The molecule has 0 amide bonds. The van der Waals surface area contributed by atoms with Gasteiger partial charge in [0.25, 0.3) is 0 Å². The van der Waals surface area contributed by atoms with Crippen LogP contribution in [0, 0.1) is 0 Å². The standard InChI is InChI=1S/C10H11F3N2/c1-4-5-7(2)8-6-15(3)9(14-8)10(11,12)13/h4-6H,1H2,2-3H3/b7-5+. The van der Waals surface area contributed by atoms with Crippen molar-refractivity contribution in [2.24, 2.45) is 7.05 Å². The molecule has 0 N–H and O–H groups in total. The highest BCUT2D eigenvalue weighted by molar-refractivity contribution is 5.61. The van der Waals surface area contributed by atoms with Gasteiger partial charge in [0.05, 0.1) is 5.69 Å². The summed E-state index contributed by atoms with van der Waals surface area (Å²) < 4.78 is 38.1. The minimum Gasteiger partial charge on any atom is -0.330 e. The average Bonchev–Trinajstić information content (AvgIpc) is 2.47. The smallest absolute Gasteiger partial charge is 0.330 e.